The molecule has 0 radical (unpaired) electrons. The number of nitrogens with one attached hydrogen (secondary N) is 1. The van der Waals surface area contributed by atoms with Crippen molar-refractivity contribution >= 4 is 39.7 Å². The van der Waals surface area contributed by atoms with E-state index in [1.54, 1.807) is 0 Å². The lowest BCUT2D eigenvalue weighted by molar-refractivity contribution is -0.120. The van der Waals surface area contributed by atoms with Gasteiger partial charge in [0.15, 0.2) is 5.65 Å². The Kier molecular flexibility index (Phi) is 5.53. The maximum absolute atomic E-state index is 12.5. The third kappa shape index (κ3) is 3.60. The number of benzene rings is 1. The summed E-state index contributed by atoms with van der Waals surface area (Å²) in [5.74, 6) is 1.56. The van der Waals surface area contributed by atoms with Gasteiger partial charge in [-0.05, 0) is 31.2 Å². The lowest BCUT2D eigenvalue weighted by atomic mass is 9.78. The quantitative estimate of drug-likeness (QED) is 0.658. The standard InChI is InChI=1S/C21H27N5OS/c1-4-26-17-11-6-5-9-15(17)19-20(26)23-21(25-24-19)28-12-18(27)22-16-10-7-8-13(2)14(16)3/h5-6,9,11,13-14,16H,4,7-8,10,12H2,1-3H3,(H,22,27)/t13-,14-,16-/m0/s1. The predicted molar refractivity (Wildman–Crippen MR) is 113 cm³/mol. The van der Waals surface area contributed by atoms with Crippen LogP contribution in [0.15, 0.2) is 29.4 Å². The van der Waals surface area contributed by atoms with Crippen LogP contribution in [0.2, 0.25) is 0 Å². The number of para-hydroxylation sites is 1. The molecule has 1 aliphatic carbocycles. The van der Waals surface area contributed by atoms with Gasteiger partial charge in [0.05, 0.1) is 11.3 Å². The van der Waals surface area contributed by atoms with E-state index in [4.69, 9.17) is 4.98 Å². The lowest BCUT2D eigenvalue weighted by Crippen LogP contribution is -2.44. The van der Waals surface area contributed by atoms with Crippen molar-refractivity contribution in [2.75, 3.05) is 5.75 Å². The summed E-state index contributed by atoms with van der Waals surface area (Å²) in [7, 11) is 0. The van der Waals surface area contributed by atoms with Gasteiger partial charge in [-0.2, -0.15) is 0 Å². The summed E-state index contributed by atoms with van der Waals surface area (Å²) in [6.45, 7) is 7.43. The van der Waals surface area contributed by atoms with Crippen LogP contribution < -0.4 is 5.32 Å². The third-order valence-electron chi connectivity index (χ3n) is 6.06. The first-order valence-electron chi connectivity index (χ1n) is 10.1. The van der Waals surface area contributed by atoms with Crippen LogP contribution in [0, 0.1) is 11.8 Å². The van der Waals surface area contributed by atoms with Crippen LogP contribution in [-0.4, -0.2) is 37.5 Å². The topological polar surface area (TPSA) is 72.7 Å². The molecule has 1 amide bonds. The minimum absolute atomic E-state index is 0.0516. The van der Waals surface area contributed by atoms with E-state index < -0.39 is 0 Å². The number of nitrogens with zero attached hydrogens (tertiary/aromatic N) is 4. The highest BCUT2D eigenvalue weighted by atomic mass is 32.2. The van der Waals surface area contributed by atoms with Crippen molar-refractivity contribution in [2.45, 2.75) is 57.8 Å². The molecule has 148 valence electrons. The molecule has 0 spiro atoms. The smallest absolute Gasteiger partial charge is 0.230 e. The van der Waals surface area contributed by atoms with E-state index in [0.717, 1.165) is 35.0 Å². The first kappa shape index (κ1) is 19.2. The van der Waals surface area contributed by atoms with Gasteiger partial charge in [0.1, 0.15) is 5.52 Å². The molecule has 3 aromatic rings. The molecule has 2 heterocycles. The number of hydrogen-bond acceptors (Lipinski definition) is 5. The Hall–Kier alpha value is -2.15. The van der Waals surface area contributed by atoms with Crippen molar-refractivity contribution < 1.29 is 4.79 Å². The van der Waals surface area contributed by atoms with Crippen LogP contribution in [-0.2, 0) is 11.3 Å². The summed E-state index contributed by atoms with van der Waals surface area (Å²) in [6.07, 6.45) is 3.52. The number of carbonyl (C=O) groups is 1. The van der Waals surface area contributed by atoms with Gasteiger partial charge in [-0.3, -0.25) is 4.79 Å². The minimum Gasteiger partial charge on any atom is -0.352 e. The van der Waals surface area contributed by atoms with Crippen LogP contribution in [0.5, 0.6) is 0 Å². The van der Waals surface area contributed by atoms with Gasteiger partial charge in [0.25, 0.3) is 0 Å². The number of amides is 1. The monoisotopic (exact) mass is 397 g/mol. The molecule has 1 fully saturated rings. The van der Waals surface area contributed by atoms with Crippen LogP contribution in [0.3, 0.4) is 0 Å². The number of hydrogen-bond donors (Lipinski definition) is 1. The number of aryl methyl sites for hydroxylation is 1. The first-order valence-corrected chi connectivity index (χ1v) is 11.1. The highest BCUT2D eigenvalue weighted by molar-refractivity contribution is 7.99. The largest absolute Gasteiger partial charge is 0.352 e. The van der Waals surface area contributed by atoms with Gasteiger partial charge in [-0.1, -0.05) is 56.7 Å². The van der Waals surface area contributed by atoms with E-state index in [9.17, 15) is 4.79 Å². The van der Waals surface area contributed by atoms with Gasteiger partial charge in [-0.25, -0.2) is 4.98 Å². The number of fused-ring (bicyclic) bond motifs is 3. The summed E-state index contributed by atoms with van der Waals surface area (Å²) in [4.78, 5) is 17.2. The minimum atomic E-state index is 0.0516. The molecule has 2 aromatic heterocycles. The summed E-state index contributed by atoms with van der Waals surface area (Å²) in [5, 5.41) is 13.5. The van der Waals surface area contributed by atoms with Crippen LogP contribution >= 0.6 is 11.8 Å². The zero-order chi connectivity index (χ0) is 19.7. The second-order valence-electron chi connectivity index (χ2n) is 7.76. The molecular weight excluding hydrogens is 370 g/mol. The van der Waals surface area contributed by atoms with E-state index in [2.05, 4.69) is 46.9 Å². The van der Waals surface area contributed by atoms with Gasteiger partial charge in [0.2, 0.25) is 11.1 Å². The van der Waals surface area contributed by atoms with Crippen LogP contribution in [0.4, 0.5) is 0 Å². The summed E-state index contributed by atoms with van der Waals surface area (Å²) in [5.41, 5.74) is 2.76. The van der Waals surface area contributed by atoms with Crippen molar-refractivity contribution in [3.63, 3.8) is 0 Å². The number of carbonyl (C=O) groups excluding carboxylic acids is 1. The van der Waals surface area contributed by atoms with Crippen molar-refractivity contribution in [1.82, 2.24) is 25.1 Å². The average molecular weight is 398 g/mol. The second-order valence-corrected chi connectivity index (χ2v) is 8.70. The zero-order valence-corrected chi connectivity index (χ0v) is 17.5. The molecule has 0 bridgehead atoms. The third-order valence-corrected chi connectivity index (χ3v) is 6.89. The van der Waals surface area contributed by atoms with E-state index in [1.807, 2.05) is 18.2 Å². The van der Waals surface area contributed by atoms with Gasteiger partial charge in [-0.15, -0.1) is 10.2 Å². The van der Waals surface area contributed by atoms with Crippen LogP contribution in [0.25, 0.3) is 22.1 Å². The molecule has 7 heteroatoms. The molecule has 3 atom stereocenters. The van der Waals surface area contributed by atoms with Crippen molar-refractivity contribution in [1.29, 1.82) is 0 Å². The second kappa shape index (κ2) is 8.07. The number of aromatic nitrogens is 4. The van der Waals surface area contributed by atoms with Gasteiger partial charge in [0, 0.05) is 18.0 Å². The van der Waals surface area contributed by atoms with E-state index in [-0.39, 0.29) is 11.9 Å². The molecule has 1 saturated carbocycles. The fraction of sp³-hybridized carbons (Fsp3) is 0.524. The Bertz CT molecular complexity index is 1000. The molecule has 1 aromatic carbocycles. The fourth-order valence-electron chi connectivity index (χ4n) is 4.23. The molecule has 28 heavy (non-hydrogen) atoms. The summed E-state index contributed by atoms with van der Waals surface area (Å²) in [6, 6.07) is 8.43. The van der Waals surface area contributed by atoms with E-state index in [0.29, 0.717) is 22.7 Å². The zero-order valence-electron chi connectivity index (χ0n) is 16.7. The SMILES string of the molecule is CCn1c2ccccc2c2nnc(SCC(=O)N[C@H]3CCC[C@H](C)[C@@H]3C)nc21. The molecule has 0 aliphatic heterocycles. The maximum Gasteiger partial charge on any atom is 0.230 e. The lowest BCUT2D eigenvalue weighted by Gasteiger charge is -2.34. The van der Waals surface area contributed by atoms with Crippen molar-refractivity contribution in [3.8, 4) is 0 Å². The maximum atomic E-state index is 12.5. The molecule has 6 nitrogen and oxygen atoms in total. The van der Waals surface area contributed by atoms with Crippen LogP contribution in [0.1, 0.15) is 40.0 Å². The Morgan fingerprint density at radius 2 is 2.07 bits per heavy atom. The Labute approximate surface area is 169 Å². The Morgan fingerprint density at radius 1 is 1.25 bits per heavy atom. The average Bonchev–Trinajstić information content (AvgIpc) is 3.03. The molecule has 0 unspecified atom stereocenters. The molecule has 4 rings (SSSR count). The Morgan fingerprint density at radius 3 is 2.89 bits per heavy atom. The predicted octanol–water partition coefficient (Wildman–Crippen LogP) is 4.03. The molecule has 0 saturated heterocycles. The fourth-order valence-corrected chi connectivity index (χ4v) is 4.83. The summed E-state index contributed by atoms with van der Waals surface area (Å²) < 4.78 is 2.15. The molecular formula is C21H27N5OS. The number of thioether (sulfide) groups is 1. The highest BCUT2D eigenvalue weighted by Crippen LogP contribution is 2.30. The molecule has 1 aliphatic rings. The normalized spacial score (nSPS) is 22.6. The molecule has 1 N–H and O–H groups in total. The van der Waals surface area contributed by atoms with E-state index in [1.165, 1.54) is 24.6 Å². The van der Waals surface area contributed by atoms with Gasteiger partial charge < -0.3 is 9.88 Å². The first-order chi connectivity index (χ1) is 13.6. The summed E-state index contributed by atoms with van der Waals surface area (Å²) >= 11 is 1.35. The van der Waals surface area contributed by atoms with E-state index >= 15 is 0 Å². The number of rotatable bonds is 5. The van der Waals surface area contributed by atoms with Crippen molar-refractivity contribution in [3.05, 3.63) is 24.3 Å². The van der Waals surface area contributed by atoms with Gasteiger partial charge >= 0.3 is 0 Å². The highest BCUT2D eigenvalue weighted by Gasteiger charge is 2.28. The Balaban J connectivity index is 1.48. The van der Waals surface area contributed by atoms with Crippen molar-refractivity contribution in [2.24, 2.45) is 11.8 Å².